The Morgan fingerprint density at radius 2 is 2.00 bits per heavy atom. The maximum atomic E-state index is 13.2. The Kier molecular flexibility index (Phi) is 7.91. The molecule has 2 heterocycles. The highest BCUT2D eigenvalue weighted by molar-refractivity contribution is 7.99. The zero-order valence-electron chi connectivity index (χ0n) is 18.7. The summed E-state index contributed by atoms with van der Waals surface area (Å²) in [6.07, 6.45) is 0.714. The van der Waals surface area contributed by atoms with Crippen molar-refractivity contribution in [2.24, 2.45) is 0 Å². The lowest BCUT2D eigenvalue weighted by Gasteiger charge is -2.13. The number of rotatable bonds is 9. The zero-order chi connectivity index (χ0) is 22.5. The van der Waals surface area contributed by atoms with Crippen LogP contribution in [-0.2, 0) is 16.1 Å². The molecule has 166 valence electrons. The molecule has 1 N–H and O–H groups in total. The molecule has 31 heavy (non-hydrogen) atoms. The number of amides is 1. The number of hydrogen-bond acceptors (Lipinski definition) is 6. The van der Waals surface area contributed by atoms with Crippen LogP contribution in [0.3, 0.4) is 0 Å². The lowest BCUT2D eigenvalue weighted by Crippen LogP contribution is -2.25. The molecule has 3 rings (SSSR count). The first kappa shape index (κ1) is 23.5. The number of aromatic nitrogens is 2. The van der Waals surface area contributed by atoms with Gasteiger partial charge in [0.1, 0.15) is 4.83 Å². The number of nitrogens with one attached hydrogen (secondary N) is 1. The number of aryl methyl sites for hydroxylation is 3. The van der Waals surface area contributed by atoms with E-state index in [0.717, 1.165) is 32.1 Å². The van der Waals surface area contributed by atoms with E-state index in [2.05, 4.69) is 5.32 Å². The molecular formula is C23H29N3O3S2. The van der Waals surface area contributed by atoms with Crippen molar-refractivity contribution in [2.45, 2.75) is 52.7 Å². The van der Waals surface area contributed by atoms with Gasteiger partial charge in [-0.2, -0.15) is 0 Å². The first-order chi connectivity index (χ1) is 14.8. The Morgan fingerprint density at radius 1 is 1.23 bits per heavy atom. The number of carbonyl (C=O) groups is 1. The molecule has 0 saturated heterocycles. The van der Waals surface area contributed by atoms with Crippen molar-refractivity contribution in [2.75, 3.05) is 24.3 Å². The smallest absolute Gasteiger partial charge is 0.263 e. The molecule has 6 nitrogen and oxygen atoms in total. The van der Waals surface area contributed by atoms with E-state index in [1.165, 1.54) is 23.1 Å². The van der Waals surface area contributed by atoms with Crippen LogP contribution in [-0.4, -0.2) is 34.4 Å². The highest BCUT2D eigenvalue weighted by atomic mass is 32.2. The van der Waals surface area contributed by atoms with Gasteiger partial charge in [-0.15, -0.1) is 11.3 Å². The van der Waals surface area contributed by atoms with Gasteiger partial charge in [0.2, 0.25) is 5.91 Å². The van der Waals surface area contributed by atoms with E-state index in [1.807, 2.05) is 52.8 Å². The topological polar surface area (TPSA) is 73.2 Å². The Balaban J connectivity index is 1.83. The number of benzene rings is 1. The average molecular weight is 460 g/mol. The molecule has 0 saturated carbocycles. The summed E-state index contributed by atoms with van der Waals surface area (Å²) in [4.78, 5) is 32.4. The fourth-order valence-electron chi connectivity index (χ4n) is 3.29. The lowest BCUT2D eigenvalue weighted by atomic mass is 10.1. The molecule has 0 fully saturated rings. The summed E-state index contributed by atoms with van der Waals surface area (Å²) in [5, 5.41) is 4.23. The van der Waals surface area contributed by atoms with E-state index in [4.69, 9.17) is 9.72 Å². The summed E-state index contributed by atoms with van der Waals surface area (Å²) >= 11 is 2.82. The van der Waals surface area contributed by atoms with Gasteiger partial charge in [0, 0.05) is 30.3 Å². The number of anilines is 1. The molecule has 0 aliphatic rings. The van der Waals surface area contributed by atoms with Crippen molar-refractivity contribution in [3.05, 3.63) is 50.1 Å². The van der Waals surface area contributed by atoms with Gasteiger partial charge in [0.15, 0.2) is 5.16 Å². The average Bonchev–Trinajstić information content (AvgIpc) is 3.02. The van der Waals surface area contributed by atoms with Crippen molar-refractivity contribution in [3.8, 4) is 0 Å². The highest BCUT2D eigenvalue weighted by Crippen LogP contribution is 2.28. The summed E-state index contributed by atoms with van der Waals surface area (Å²) in [5.74, 6) is 0.0626. The van der Waals surface area contributed by atoms with Gasteiger partial charge in [-0.3, -0.25) is 14.2 Å². The largest absolute Gasteiger partial charge is 0.382 e. The summed E-state index contributed by atoms with van der Waals surface area (Å²) in [6.45, 7) is 11.7. The summed E-state index contributed by atoms with van der Waals surface area (Å²) < 4.78 is 7.12. The van der Waals surface area contributed by atoms with E-state index in [-0.39, 0.29) is 17.2 Å². The van der Waals surface area contributed by atoms with E-state index < -0.39 is 0 Å². The summed E-state index contributed by atoms with van der Waals surface area (Å²) in [7, 11) is 0. The van der Waals surface area contributed by atoms with Crippen LogP contribution in [0.2, 0.25) is 0 Å². The van der Waals surface area contributed by atoms with Gasteiger partial charge >= 0.3 is 0 Å². The second kappa shape index (κ2) is 10.4. The van der Waals surface area contributed by atoms with E-state index in [0.29, 0.717) is 36.7 Å². The third-order valence-corrected chi connectivity index (χ3v) is 7.42. The highest BCUT2D eigenvalue weighted by Gasteiger charge is 2.18. The molecule has 0 aliphatic heterocycles. The van der Waals surface area contributed by atoms with E-state index in [1.54, 1.807) is 4.57 Å². The molecule has 0 unspecified atom stereocenters. The van der Waals surface area contributed by atoms with Crippen LogP contribution in [0, 0.1) is 27.7 Å². The van der Waals surface area contributed by atoms with Crippen LogP contribution in [0.15, 0.2) is 28.2 Å². The third-order valence-electron chi connectivity index (χ3n) is 5.34. The maximum absolute atomic E-state index is 13.2. The number of hydrogen-bond donors (Lipinski definition) is 1. The van der Waals surface area contributed by atoms with E-state index in [9.17, 15) is 9.59 Å². The molecule has 2 aromatic heterocycles. The number of thiophene rings is 1. The Bertz CT molecular complexity index is 1150. The van der Waals surface area contributed by atoms with Crippen LogP contribution in [0.5, 0.6) is 0 Å². The number of nitrogens with zero attached hydrogens (tertiary/aromatic N) is 2. The molecule has 0 spiro atoms. The predicted molar refractivity (Wildman–Crippen MR) is 130 cm³/mol. The van der Waals surface area contributed by atoms with Crippen molar-refractivity contribution in [3.63, 3.8) is 0 Å². The maximum Gasteiger partial charge on any atom is 0.263 e. The van der Waals surface area contributed by atoms with Crippen LogP contribution in [0.4, 0.5) is 5.69 Å². The minimum Gasteiger partial charge on any atom is -0.382 e. The minimum absolute atomic E-state index is 0.0409. The standard InChI is InChI=1S/C23H29N3O3S2/c1-6-29-12-8-11-26-22(28)20-16(4)17(5)31-21(20)25-23(26)30-13-19(27)24-18-10-7-9-14(2)15(18)3/h7,9-10H,6,8,11-13H2,1-5H3,(H,24,27). The molecule has 0 radical (unpaired) electrons. The Morgan fingerprint density at radius 3 is 2.74 bits per heavy atom. The second-order valence-corrected chi connectivity index (χ2v) is 9.60. The molecule has 0 aliphatic carbocycles. The summed E-state index contributed by atoms with van der Waals surface area (Å²) in [6, 6.07) is 5.85. The first-order valence-electron chi connectivity index (χ1n) is 10.4. The first-order valence-corrected chi connectivity index (χ1v) is 12.2. The molecule has 3 aromatic rings. The van der Waals surface area contributed by atoms with Gasteiger partial charge in [-0.1, -0.05) is 23.9 Å². The van der Waals surface area contributed by atoms with Gasteiger partial charge in [-0.05, 0) is 63.8 Å². The molecule has 0 atom stereocenters. The van der Waals surface area contributed by atoms with Gasteiger partial charge in [0.25, 0.3) is 5.56 Å². The lowest BCUT2D eigenvalue weighted by molar-refractivity contribution is -0.113. The van der Waals surface area contributed by atoms with Crippen molar-refractivity contribution in [1.29, 1.82) is 0 Å². The second-order valence-electron chi connectivity index (χ2n) is 7.45. The zero-order valence-corrected chi connectivity index (χ0v) is 20.3. The van der Waals surface area contributed by atoms with Crippen molar-refractivity contribution < 1.29 is 9.53 Å². The quantitative estimate of drug-likeness (QED) is 0.281. The fourth-order valence-corrected chi connectivity index (χ4v) is 5.18. The van der Waals surface area contributed by atoms with Crippen LogP contribution < -0.4 is 10.9 Å². The molecular weight excluding hydrogens is 430 g/mol. The van der Waals surface area contributed by atoms with Crippen LogP contribution >= 0.6 is 23.1 Å². The summed E-state index contributed by atoms with van der Waals surface area (Å²) in [5.41, 5.74) is 3.94. The van der Waals surface area contributed by atoms with Crippen molar-refractivity contribution in [1.82, 2.24) is 9.55 Å². The number of fused-ring (bicyclic) bond motifs is 1. The molecule has 1 aromatic carbocycles. The van der Waals surface area contributed by atoms with Crippen LogP contribution in [0.1, 0.15) is 34.9 Å². The van der Waals surface area contributed by atoms with Crippen molar-refractivity contribution >= 4 is 44.9 Å². The normalized spacial score (nSPS) is 11.3. The molecule has 0 bridgehead atoms. The monoisotopic (exact) mass is 459 g/mol. The fraction of sp³-hybridized carbons (Fsp3) is 0.435. The minimum atomic E-state index is -0.118. The Labute approximate surface area is 191 Å². The van der Waals surface area contributed by atoms with E-state index >= 15 is 0 Å². The third kappa shape index (κ3) is 5.37. The van der Waals surface area contributed by atoms with Crippen LogP contribution in [0.25, 0.3) is 10.2 Å². The molecule has 8 heteroatoms. The SMILES string of the molecule is CCOCCCn1c(SCC(=O)Nc2cccc(C)c2C)nc2sc(C)c(C)c2c1=O. The number of carbonyl (C=O) groups excluding carboxylic acids is 1. The van der Waals surface area contributed by atoms with Gasteiger partial charge in [0.05, 0.1) is 11.1 Å². The Hall–Kier alpha value is -2.16. The van der Waals surface area contributed by atoms with Gasteiger partial charge in [-0.25, -0.2) is 4.98 Å². The van der Waals surface area contributed by atoms with Gasteiger partial charge < -0.3 is 10.1 Å². The number of ether oxygens (including phenoxy) is 1. The molecule has 1 amide bonds. The predicted octanol–water partition coefficient (Wildman–Crippen LogP) is 4.85. The number of thioether (sulfide) groups is 1.